The Morgan fingerprint density at radius 2 is 1.42 bits per heavy atom. The van der Waals surface area contributed by atoms with Crippen molar-refractivity contribution in [3.8, 4) is 27.7 Å². The van der Waals surface area contributed by atoms with Crippen LogP contribution in [0.5, 0.6) is 17.2 Å². The topological polar surface area (TPSA) is 194 Å². The number of benzene rings is 3. The number of aromatic hydroxyl groups is 2. The number of ketones is 1. The number of likely N-dealkylation sites (tertiary alicyclic amines) is 1. The zero-order valence-corrected chi connectivity index (χ0v) is 25.4. The summed E-state index contributed by atoms with van der Waals surface area (Å²) < 4.78 is 29.0. The summed E-state index contributed by atoms with van der Waals surface area (Å²) >= 11 is 1.46. The number of piperidine rings is 1. The number of nitrogens with zero attached hydrogens (tertiary/aromatic N) is 1. The van der Waals surface area contributed by atoms with Crippen molar-refractivity contribution < 1.29 is 52.8 Å². The second kappa shape index (κ2) is 14.1. The fourth-order valence-corrected chi connectivity index (χ4v) is 6.93. The SMILES string of the molecule is O=C(c1ccc(OCCN2CCCCC2)cc1)c1c(-c2ccc(O)cc2)sc2cc(O)ccc12.O=P(O)(O)OP(=O)(O)O. The molecule has 15 heteroatoms. The second-order valence-corrected chi connectivity index (χ2v) is 13.4. The first-order valence-corrected chi connectivity index (χ1v) is 17.0. The van der Waals surface area contributed by atoms with Crippen molar-refractivity contribution in [2.24, 2.45) is 0 Å². The molecule has 0 bridgehead atoms. The van der Waals surface area contributed by atoms with Crippen molar-refractivity contribution in [2.75, 3.05) is 26.2 Å². The number of thiophene rings is 1. The Balaban J connectivity index is 0.000000410. The number of ether oxygens (including phenoxy) is 1. The van der Waals surface area contributed by atoms with Crippen molar-refractivity contribution in [3.63, 3.8) is 0 Å². The molecule has 0 radical (unpaired) electrons. The third-order valence-corrected chi connectivity index (χ3v) is 9.39. The molecule has 4 aromatic rings. The predicted molar refractivity (Wildman–Crippen MR) is 161 cm³/mol. The van der Waals surface area contributed by atoms with E-state index < -0.39 is 15.6 Å². The first-order valence-electron chi connectivity index (χ1n) is 13.2. The highest BCUT2D eigenvalue weighted by Crippen LogP contribution is 2.53. The van der Waals surface area contributed by atoms with Crippen LogP contribution >= 0.6 is 27.0 Å². The van der Waals surface area contributed by atoms with E-state index in [-0.39, 0.29) is 17.3 Å². The van der Waals surface area contributed by atoms with Gasteiger partial charge < -0.3 is 34.5 Å². The van der Waals surface area contributed by atoms with E-state index in [0.29, 0.717) is 17.7 Å². The van der Waals surface area contributed by atoms with E-state index in [0.717, 1.165) is 45.9 Å². The monoisotopic (exact) mass is 651 g/mol. The van der Waals surface area contributed by atoms with E-state index in [1.54, 1.807) is 42.5 Å². The van der Waals surface area contributed by atoms with Crippen LogP contribution < -0.4 is 4.74 Å². The summed E-state index contributed by atoms with van der Waals surface area (Å²) in [5.41, 5.74) is 2.03. The van der Waals surface area contributed by atoms with Gasteiger partial charge in [0.05, 0.1) is 0 Å². The van der Waals surface area contributed by atoms with Crippen LogP contribution in [-0.2, 0) is 13.4 Å². The molecule has 1 aromatic heterocycles. The van der Waals surface area contributed by atoms with Gasteiger partial charge in [0.1, 0.15) is 23.9 Å². The molecule has 0 aliphatic carbocycles. The van der Waals surface area contributed by atoms with Crippen LogP contribution in [0.2, 0.25) is 0 Å². The summed E-state index contributed by atoms with van der Waals surface area (Å²) in [6.45, 7) is 3.85. The molecule has 1 fully saturated rings. The van der Waals surface area contributed by atoms with Crippen molar-refractivity contribution in [3.05, 3.63) is 77.9 Å². The molecular weight excluding hydrogens is 620 g/mol. The van der Waals surface area contributed by atoms with Crippen molar-refractivity contribution >= 4 is 42.9 Å². The molecular formula is C28H31NO11P2S. The number of phenolic OH excluding ortho intramolecular Hbond substituents is 2. The van der Waals surface area contributed by atoms with Crippen LogP contribution in [0.4, 0.5) is 0 Å². The zero-order valence-electron chi connectivity index (χ0n) is 22.8. The minimum Gasteiger partial charge on any atom is -0.508 e. The van der Waals surface area contributed by atoms with Crippen LogP contribution in [0.15, 0.2) is 66.7 Å². The second-order valence-electron chi connectivity index (χ2n) is 9.70. The average Bonchev–Trinajstić information content (AvgIpc) is 3.31. The van der Waals surface area contributed by atoms with Gasteiger partial charge in [0.15, 0.2) is 5.78 Å². The number of fused-ring (bicyclic) bond motifs is 1. The van der Waals surface area contributed by atoms with Crippen molar-refractivity contribution in [1.82, 2.24) is 4.90 Å². The van der Waals surface area contributed by atoms with Gasteiger partial charge in [-0.25, -0.2) is 9.13 Å². The summed E-state index contributed by atoms with van der Waals surface area (Å²) in [7, 11) is -10.1. The standard InChI is InChI=1S/C28H27NO4S.H4O7P2/c30-21-8-4-20(5-9-21)28-26(24-13-10-22(31)18-25(24)34-28)27(32)19-6-11-23(12-7-19)33-17-16-29-14-2-1-3-15-29;1-8(2,3)7-9(4,5)6/h4-13,18,30-31H,1-3,14-17H2;(H2,1,2,3)(H2,4,5,6). The number of carbonyl (C=O) groups is 1. The summed E-state index contributed by atoms with van der Waals surface area (Å²) in [5.74, 6) is 1.01. The zero-order chi connectivity index (χ0) is 31.2. The van der Waals surface area contributed by atoms with Crippen molar-refractivity contribution in [1.29, 1.82) is 0 Å². The molecule has 2 heterocycles. The fraction of sp³-hybridized carbons (Fsp3) is 0.250. The maximum Gasteiger partial charge on any atom is 0.478 e. The van der Waals surface area contributed by atoms with E-state index in [1.165, 1.54) is 30.6 Å². The highest BCUT2D eigenvalue weighted by molar-refractivity contribution is 7.60. The van der Waals surface area contributed by atoms with Gasteiger partial charge in [0, 0.05) is 32.6 Å². The van der Waals surface area contributed by atoms with Crippen LogP contribution in [0.25, 0.3) is 20.5 Å². The van der Waals surface area contributed by atoms with E-state index in [4.69, 9.17) is 24.3 Å². The van der Waals surface area contributed by atoms with Crippen LogP contribution in [0.3, 0.4) is 0 Å². The van der Waals surface area contributed by atoms with Gasteiger partial charge in [0.25, 0.3) is 0 Å². The first kappa shape index (κ1) is 32.8. The summed E-state index contributed by atoms with van der Waals surface area (Å²) in [4.78, 5) is 47.9. The molecule has 230 valence electrons. The molecule has 0 atom stereocenters. The molecule has 6 N–H and O–H groups in total. The highest BCUT2D eigenvalue weighted by atomic mass is 32.1. The third-order valence-electron chi connectivity index (χ3n) is 6.48. The Morgan fingerprint density at radius 3 is 2.00 bits per heavy atom. The number of phosphoric acid groups is 2. The van der Waals surface area contributed by atoms with Gasteiger partial charge in [-0.15, -0.1) is 11.3 Å². The van der Waals surface area contributed by atoms with Gasteiger partial charge in [-0.05, 0) is 98.2 Å². The van der Waals surface area contributed by atoms with Crippen LogP contribution in [0, 0.1) is 0 Å². The fourth-order valence-electron chi connectivity index (χ4n) is 4.59. The van der Waals surface area contributed by atoms with E-state index in [1.807, 2.05) is 24.3 Å². The lowest BCUT2D eigenvalue weighted by Gasteiger charge is -2.26. The third kappa shape index (κ3) is 9.70. The van der Waals surface area contributed by atoms with E-state index in [2.05, 4.69) is 9.21 Å². The summed E-state index contributed by atoms with van der Waals surface area (Å²) in [6, 6.07) is 19.2. The van der Waals surface area contributed by atoms with Gasteiger partial charge in [-0.1, -0.05) is 6.42 Å². The molecule has 0 spiro atoms. The van der Waals surface area contributed by atoms with Gasteiger partial charge in [-0.2, -0.15) is 4.31 Å². The van der Waals surface area contributed by atoms with Gasteiger partial charge >= 0.3 is 15.6 Å². The molecule has 0 unspecified atom stereocenters. The van der Waals surface area contributed by atoms with E-state index >= 15 is 0 Å². The Bertz CT molecular complexity index is 1620. The molecule has 43 heavy (non-hydrogen) atoms. The first-order chi connectivity index (χ1) is 20.3. The molecule has 0 saturated carbocycles. The number of hydrogen-bond donors (Lipinski definition) is 6. The molecule has 1 aliphatic heterocycles. The van der Waals surface area contributed by atoms with Gasteiger partial charge in [0.2, 0.25) is 0 Å². The van der Waals surface area contributed by atoms with Crippen molar-refractivity contribution in [2.45, 2.75) is 19.3 Å². The lowest BCUT2D eigenvalue weighted by molar-refractivity contribution is 0.104. The van der Waals surface area contributed by atoms with Crippen LogP contribution in [-0.4, -0.2) is 66.7 Å². The maximum atomic E-state index is 13.6. The minimum absolute atomic E-state index is 0.0834. The average molecular weight is 652 g/mol. The highest BCUT2D eigenvalue weighted by Gasteiger charge is 2.28. The maximum absolute atomic E-state index is 13.6. The Hall–Kier alpha value is -3.09. The Morgan fingerprint density at radius 1 is 0.814 bits per heavy atom. The molecule has 3 aromatic carbocycles. The molecule has 1 aliphatic rings. The number of carbonyl (C=O) groups excluding carboxylic acids is 1. The Kier molecular flexibility index (Phi) is 10.8. The predicted octanol–water partition coefficient (Wildman–Crippen LogP) is 5.26. The molecule has 5 rings (SSSR count). The largest absolute Gasteiger partial charge is 0.508 e. The summed E-state index contributed by atoms with van der Waals surface area (Å²) in [5, 5.41) is 20.4. The molecule has 0 amide bonds. The minimum atomic E-state index is -5.05. The molecule has 12 nitrogen and oxygen atoms in total. The van der Waals surface area contributed by atoms with Crippen LogP contribution in [0.1, 0.15) is 35.2 Å². The lowest BCUT2D eigenvalue weighted by Crippen LogP contribution is -2.33. The number of hydrogen-bond acceptors (Lipinski definition) is 9. The normalized spacial score (nSPS) is 14.2. The quantitative estimate of drug-likeness (QED) is 0.102. The number of rotatable bonds is 9. The van der Waals surface area contributed by atoms with Gasteiger partial charge in [-0.3, -0.25) is 9.69 Å². The van der Waals surface area contributed by atoms with E-state index in [9.17, 15) is 24.1 Å². The molecule has 1 saturated heterocycles. The smallest absolute Gasteiger partial charge is 0.478 e. The summed E-state index contributed by atoms with van der Waals surface area (Å²) in [6.07, 6.45) is 3.85. The Labute approximate surface area is 251 Å². The lowest BCUT2D eigenvalue weighted by atomic mass is 9.97. The number of phenols is 2.